The van der Waals surface area contributed by atoms with E-state index >= 15 is 0 Å². The number of carbonyl (C=O) groups excluding carboxylic acids is 2. The van der Waals surface area contributed by atoms with Crippen LogP contribution in [0.3, 0.4) is 0 Å². The molecule has 0 atom stereocenters. The predicted molar refractivity (Wildman–Crippen MR) is 108 cm³/mol. The van der Waals surface area contributed by atoms with Crippen LogP contribution in [0, 0.1) is 0 Å². The zero-order chi connectivity index (χ0) is 19.1. The molecular formula is C21H24ClN3O2. The number of hydrogen-bond donors (Lipinski definition) is 2. The van der Waals surface area contributed by atoms with Crippen molar-refractivity contribution in [2.45, 2.75) is 31.7 Å². The summed E-state index contributed by atoms with van der Waals surface area (Å²) >= 11 is 5.87. The molecule has 0 aliphatic carbocycles. The maximum Gasteiger partial charge on any atom is 0.321 e. The van der Waals surface area contributed by atoms with Gasteiger partial charge in [0.05, 0.1) is 0 Å². The summed E-state index contributed by atoms with van der Waals surface area (Å²) in [5.74, 6) is 0.0529. The largest absolute Gasteiger partial charge is 0.353 e. The standard InChI is InChI=1S/C21H24ClN3O2/c22-17-9-6-16(7-10-17)8-11-20(26)23-19-12-14-25(15-13-19)21(27)24-18-4-2-1-3-5-18/h1-7,9-10,19H,8,11-15H2,(H,23,26)(H,24,27). The van der Waals surface area contributed by atoms with Crippen LogP contribution in [-0.2, 0) is 11.2 Å². The van der Waals surface area contributed by atoms with Crippen molar-refractivity contribution in [3.05, 3.63) is 65.2 Å². The van der Waals surface area contributed by atoms with Gasteiger partial charge in [-0.25, -0.2) is 4.79 Å². The minimum atomic E-state index is -0.0892. The molecule has 27 heavy (non-hydrogen) atoms. The van der Waals surface area contributed by atoms with Crippen LogP contribution in [0.15, 0.2) is 54.6 Å². The van der Waals surface area contributed by atoms with Gasteiger partial charge in [-0.05, 0) is 49.1 Å². The average Bonchev–Trinajstić information content (AvgIpc) is 2.69. The molecule has 0 unspecified atom stereocenters. The van der Waals surface area contributed by atoms with Gasteiger partial charge in [0, 0.05) is 36.3 Å². The van der Waals surface area contributed by atoms with Gasteiger partial charge in [-0.15, -0.1) is 0 Å². The summed E-state index contributed by atoms with van der Waals surface area (Å²) in [5.41, 5.74) is 1.89. The first kappa shape index (κ1) is 19.2. The molecule has 1 saturated heterocycles. The number of nitrogens with one attached hydrogen (secondary N) is 2. The van der Waals surface area contributed by atoms with Crippen LogP contribution < -0.4 is 10.6 Å². The SMILES string of the molecule is O=C(CCc1ccc(Cl)cc1)NC1CCN(C(=O)Nc2ccccc2)CC1. The molecule has 3 rings (SSSR count). The number of nitrogens with zero attached hydrogens (tertiary/aromatic N) is 1. The van der Waals surface area contributed by atoms with Gasteiger partial charge in [-0.2, -0.15) is 0 Å². The van der Waals surface area contributed by atoms with Gasteiger partial charge in [-0.1, -0.05) is 41.9 Å². The van der Waals surface area contributed by atoms with Gasteiger partial charge in [-0.3, -0.25) is 4.79 Å². The number of rotatable bonds is 5. The van der Waals surface area contributed by atoms with Crippen LogP contribution >= 0.6 is 11.6 Å². The molecule has 2 N–H and O–H groups in total. The Labute approximate surface area is 164 Å². The number of benzene rings is 2. The van der Waals surface area contributed by atoms with Gasteiger partial charge < -0.3 is 15.5 Å². The highest BCUT2D eigenvalue weighted by Crippen LogP contribution is 2.14. The van der Waals surface area contributed by atoms with Crippen LogP contribution in [0.2, 0.25) is 5.02 Å². The number of para-hydroxylation sites is 1. The van der Waals surface area contributed by atoms with Crippen molar-refractivity contribution in [3.63, 3.8) is 0 Å². The lowest BCUT2D eigenvalue weighted by Gasteiger charge is -2.32. The van der Waals surface area contributed by atoms with Crippen molar-refractivity contribution < 1.29 is 9.59 Å². The summed E-state index contributed by atoms with van der Waals surface area (Å²) in [4.78, 5) is 26.3. The van der Waals surface area contributed by atoms with Gasteiger partial charge in [0.1, 0.15) is 0 Å². The zero-order valence-corrected chi connectivity index (χ0v) is 15.9. The summed E-state index contributed by atoms with van der Waals surface area (Å²) in [6.07, 6.45) is 2.70. The molecule has 5 nitrogen and oxygen atoms in total. The van der Waals surface area contributed by atoms with E-state index in [1.165, 1.54) is 0 Å². The molecule has 0 saturated carbocycles. The highest BCUT2D eigenvalue weighted by molar-refractivity contribution is 6.30. The van der Waals surface area contributed by atoms with E-state index < -0.39 is 0 Å². The Kier molecular flexibility index (Phi) is 6.71. The molecule has 1 heterocycles. The predicted octanol–water partition coefficient (Wildman–Crippen LogP) is 4.09. The number of anilines is 1. The van der Waals surface area contributed by atoms with E-state index in [0.717, 1.165) is 24.1 Å². The fraction of sp³-hybridized carbons (Fsp3) is 0.333. The topological polar surface area (TPSA) is 61.4 Å². The van der Waals surface area contributed by atoms with Gasteiger partial charge in [0.15, 0.2) is 0 Å². The van der Waals surface area contributed by atoms with Crippen molar-refractivity contribution in [3.8, 4) is 0 Å². The molecule has 1 aliphatic heterocycles. The Morgan fingerprint density at radius 1 is 1.00 bits per heavy atom. The van der Waals surface area contributed by atoms with E-state index in [1.54, 1.807) is 4.90 Å². The molecule has 0 aromatic heterocycles. The smallest absolute Gasteiger partial charge is 0.321 e. The van der Waals surface area contributed by atoms with E-state index in [9.17, 15) is 9.59 Å². The van der Waals surface area contributed by atoms with Gasteiger partial charge in [0.2, 0.25) is 5.91 Å². The molecule has 0 radical (unpaired) electrons. The number of likely N-dealkylation sites (tertiary alicyclic amines) is 1. The van der Waals surface area contributed by atoms with Crippen molar-refractivity contribution in [2.24, 2.45) is 0 Å². The zero-order valence-electron chi connectivity index (χ0n) is 15.2. The Morgan fingerprint density at radius 2 is 1.67 bits per heavy atom. The quantitative estimate of drug-likeness (QED) is 0.814. The summed E-state index contributed by atoms with van der Waals surface area (Å²) in [6.45, 7) is 1.28. The average molecular weight is 386 g/mol. The van der Waals surface area contributed by atoms with Crippen LogP contribution in [-0.4, -0.2) is 36.0 Å². The van der Waals surface area contributed by atoms with Crippen LogP contribution in [0.4, 0.5) is 10.5 Å². The van der Waals surface area contributed by atoms with Crippen molar-refractivity contribution in [1.29, 1.82) is 0 Å². The number of halogens is 1. The lowest BCUT2D eigenvalue weighted by atomic mass is 10.0. The second kappa shape index (κ2) is 9.42. The van der Waals surface area contributed by atoms with E-state index in [0.29, 0.717) is 31.0 Å². The van der Waals surface area contributed by atoms with Crippen LogP contribution in [0.25, 0.3) is 0 Å². The fourth-order valence-corrected chi connectivity index (χ4v) is 3.29. The summed E-state index contributed by atoms with van der Waals surface area (Å²) in [6, 6.07) is 17.0. The molecule has 1 fully saturated rings. The van der Waals surface area contributed by atoms with Crippen molar-refractivity contribution in [1.82, 2.24) is 10.2 Å². The van der Waals surface area contributed by atoms with Gasteiger partial charge >= 0.3 is 6.03 Å². The van der Waals surface area contributed by atoms with Crippen LogP contribution in [0.5, 0.6) is 0 Å². The normalized spacial score (nSPS) is 14.6. The van der Waals surface area contributed by atoms with Crippen LogP contribution in [0.1, 0.15) is 24.8 Å². The number of carbonyl (C=O) groups is 2. The molecule has 2 aromatic carbocycles. The lowest BCUT2D eigenvalue weighted by Crippen LogP contribution is -2.47. The lowest BCUT2D eigenvalue weighted by molar-refractivity contribution is -0.122. The van der Waals surface area contributed by atoms with E-state index in [4.69, 9.17) is 11.6 Å². The second-order valence-corrected chi connectivity index (χ2v) is 7.19. The third kappa shape index (κ3) is 6.00. The molecule has 6 heteroatoms. The first-order valence-corrected chi connectivity index (χ1v) is 9.63. The number of hydrogen-bond acceptors (Lipinski definition) is 2. The Bertz CT molecular complexity index is 757. The Morgan fingerprint density at radius 3 is 2.33 bits per heavy atom. The molecule has 2 aromatic rings. The molecule has 3 amide bonds. The van der Waals surface area contributed by atoms with Crippen molar-refractivity contribution in [2.75, 3.05) is 18.4 Å². The Hall–Kier alpha value is -2.53. The molecule has 1 aliphatic rings. The maximum absolute atomic E-state index is 12.3. The first-order chi connectivity index (χ1) is 13.1. The van der Waals surface area contributed by atoms with E-state index in [-0.39, 0.29) is 18.0 Å². The maximum atomic E-state index is 12.3. The highest BCUT2D eigenvalue weighted by atomic mass is 35.5. The summed E-state index contributed by atoms with van der Waals surface area (Å²) < 4.78 is 0. The van der Waals surface area contributed by atoms with Crippen molar-refractivity contribution >= 4 is 29.2 Å². The fourth-order valence-electron chi connectivity index (χ4n) is 3.16. The summed E-state index contributed by atoms with van der Waals surface area (Å²) in [5, 5.41) is 6.69. The number of amides is 3. The third-order valence-corrected chi connectivity index (χ3v) is 4.98. The minimum absolute atomic E-state index is 0.0529. The number of urea groups is 1. The molecular weight excluding hydrogens is 362 g/mol. The molecule has 0 bridgehead atoms. The summed E-state index contributed by atoms with van der Waals surface area (Å²) in [7, 11) is 0. The highest BCUT2D eigenvalue weighted by Gasteiger charge is 2.23. The number of aryl methyl sites for hydroxylation is 1. The third-order valence-electron chi connectivity index (χ3n) is 4.73. The minimum Gasteiger partial charge on any atom is -0.353 e. The second-order valence-electron chi connectivity index (χ2n) is 6.75. The van der Waals surface area contributed by atoms with Gasteiger partial charge in [0.25, 0.3) is 0 Å². The number of piperidine rings is 1. The Balaban J connectivity index is 1.38. The first-order valence-electron chi connectivity index (χ1n) is 9.25. The molecule has 0 spiro atoms. The molecule has 142 valence electrons. The van der Waals surface area contributed by atoms with E-state index in [1.807, 2.05) is 54.6 Å². The monoisotopic (exact) mass is 385 g/mol. The van der Waals surface area contributed by atoms with E-state index in [2.05, 4.69) is 10.6 Å².